The number of carboxylic acids is 1. The van der Waals surface area contributed by atoms with Crippen molar-refractivity contribution in [3.63, 3.8) is 0 Å². The molecule has 0 saturated heterocycles. The molecular weight excluding hydrogens is 222 g/mol. The first kappa shape index (κ1) is 12.9. The van der Waals surface area contributed by atoms with Crippen molar-refractivity contribution < 1.29 is 19.8 Å². The number of nitrogens with one attached hydrogen (secondary N) is 1. The summed E-state index contributed by atoms with van der Waals surface area (Å²) in [6, 6.07) is 8.87. The van der Waals surface area contributed by atoms with E-state index in [4.69, 9.17) is 5.11 Å². The average Bonchev–Trinajstić information content (AvgIpc) is 2.34. The van der Waals surface area contributed by atoms with Crippen molar-refractivity contribution in [1.82, 2.24) is 5.32 Å². The van der Waals surface area contributed by atoms with Crippen molar-refractivity contribution in [2.45, 2.75) is 6.10 Å². The first-order valence-corrected chi connectivity index (χ1v) is 5.01. The van der Waals surface area contributed by atoms with Crippen LogP contribution in [-0.4, -0.2) is 28.6 Å². The van der Waals surface area contributed by atoms with Gasteiger partial charge in [0.05, 0.1) is 6.10 Å². The van der Waals surface area contributed by atoms with Gasteiger partial charge in [0.2, 0.25) is 5.91 Å². The molecule has 1 aromatic rings. The van der Waals surface area contributed by atoms with E-state index in [-0.39, 0.29) is 6.54 Å². The smallest absolute Gasteiger partial charge is 0.328 e. The van der Waals surface area contributed by atoms with Crippen LogP contribution < -0.4 is 5.32 Å². The zero-order valence-corrected chi connectivity index (χ0v) is 9.04. The van der Waals surface area contributed by atoms with Gasteiger partial charge in [0.1, 0.15) is 0 Å². The predicted octanol–water partition coefficient (Wildman–Crippen LogP) is 0.477. The summed E-state index contributed by atoms with van der Waals surface area (Å²) in [4.78, 5) is 21.3. The van der Waals surface area contributed by atoms with Crippen LogP contribution in [0.2, 0.25) is 0 Å². The van der Waals surface area contributed by atoms with E-state index in [2.05, 4.69) is 5.32 Å². The lowest BCUT2D eigenvalue weighted by Gasteiger charge is -2.10. The predicted molar refractivity (Wildman–Crippen MR) is 61.2 cm³/mol. The van der Waals surface area contributed by atoms with E-state index in [9.17, 15) is 14.7 Å². The summed E-state index contributed by atoms with van der Waals surface area (Å²) < 4.78 is 0. The van der Waals surface area contributed by atoms with Gasteiger partial charge in [-0.2, -0.15) is 0 Å². The van der Waals surface area contributed by atoms with Crippen molar-refractivity contribution in [2.24, 2.45) is 0 Å². The monoisotopic (exact) mass is 235 g/mol. The van der Waals surface area contributed by atoms with Crippen LogP contribution in [0.3, 0.4) is 0 Å². The quantitative estimate of drug-likeness (QED) is 0.648. The van der Waals surface area contributed by atoms with Crippen LogP contribution in [0, 0.1) is 0 Å². The number of aliphatic hydroxyl groups is 1. The van der Waals surface area contributed by atoms with Gasteiger partial charge in [-0.05, 0) is 5.56 Å². The van der Waals surface area contributed by atoms with E-state index >= 15 is 0 Å². The number of carboxylic acid groups (broad SMARTS) is 1. The fourth-order valence-electron chi connectivity index (χ4n) is 1.20. The molecule has 0 bridgehead atoms. The van der Waals surface area contributed by atoms with Crippen LogP contribution in [0.15, 0.2) is 42.5 Å². The van der Waals surface area contributed by atoms with E-state index in [0.717, 1.165) is 12.2 Å². The zero-order valence-electron chi connectivity index (χ0n) is 9.04. The SMILES string of the molecule is O=C(O)/C=C/C(=O)NCC(O)c1ccccc1. The first-order chi connectivity index (χ1) is 8.09. The van der Waals surface area contributed by atoms with Gasteiger partial charge in [-0.1, -0.05) is 30.3 Å². The molecule has 1 unspecified atom stereocenters. The zero-order chi connectivity index (χ0) is 12.7. The van der Waals surface area contributed by atoms with E-state index in [0.29, 0.717) is 5.56 Å². The standard InChI is InChI=1S/C12H13NO4/c14-10(9-4-2-1-3-5-9)8-13-11(15)6-7-12(16)17/h1-7,10,14H,8H2,(H,13,15)(H,16,17)/b7-6+. The molecule has 17 heavy (non-hydrogen) atoms. The molecule has 0 aliphatic heterocycles. The molecule has 0 spiro atoms. The number of amides is 1. The lowest BCUT2D eigenvalue weighted by atomic mass is 10.1. The fraction of sp³-hybridized carbons (Fsp3) is 0.167. The Bertz CT molecular complexity index is 414. The average molecular weight is 235 g/mol. The Hall–Kier alpha value is -2.14. The molecule has 5 heteroatoms. The van der Waals surface area contributed by atoms with Crippen molar-refractivity contribution in [3.05, 3.63) is 48.0 Å². The maximum atomic E-state index is 11.1. The minimum absolute atomic E-state index is 0.0345. The highest BCUT2D eigenvalue weighted by molar-refractivity contribution is 5.93. The molecule has 90 valence electrons. The highest BCUT2D eigenvalue weighted by Gasteiger charge is 2.07. The van der Waals surface area contributed by atoms with Gasteiger partial charge in [0.15, 0.2) is 0 Å². The Labute approximate surface area is 98.4 Å². The highest BCUT2D eigenvalue weighted by Crippen LogP contribution is 2.10. The summed E-state index contributed by atoms with van der Waals surface area (Å²) in [5, 5.41) is 20.4. The highest BCUT2D eigenvalue weighted by atomic mass is 16.4. The summed E-state index contributed by atoms with van der Waals surface area (Å²) in [7, 11) is 0. The van der Waals surface area contributed by atoms with Crippen molar-refractivity contribution in [1.29, 1.82) is 0 Å². The van der Waals surface area contributed by atoms with Gasteiger partial charge in [0, 0.05) is 18.7 Å². The van der Waals surface area contributed by atoms with E-state index in [1.807, 2.05) is 6.07 Å². The number of aliphatic hydroxyl groups excluding tert-OH is 1. The summed E-state index contributed by atoms with van der Waals surface area (Å²) in [5.74, 6) is -1.74. The molecule has 1 rings (SSSR count). The Morgan fingerprint density at radius 3 is 2.47 bits per heavy atom. The third kappa shape index (κ3) is 4.94. The number of hydrogen-bond donors (Lipinski definition) is 3. The minimum atomic E-state index is -1.19. The van der Waals surface area contributed by atoms with Gasteiger partial charge in [-0.25, -0.2) is 4.79 Å². The maximum Gasteiger partial charge on any atom is 0.328 e. The lowest BCUT2D eigenvalue weighted by molar-refractivity contribution is -0.131. The summed E-state index contributed by atoms with van der Waals surface area (Å²) in [6.07, 6.45) is 0.836. The van der Waals surface area contributed by atoms with Gasteiger partial charge >= 0.3 is 5.97 Å². The molecular formula is C12H13NO4. The molecule has 1 aromatic carbocycles. The molecule has 3 N–H and O–H groups in total. The molecule has 0 aliphatic carbocycles. The lowest BCUT2D eigenvalue weighted by Crippen LogP contribution is -2.26. The Kier molecular flexibility index (Phi) is 4.90. The third-order valence-corrected chi connectivity index (χ3v) is 2.03. The molecule has 0 heterocycles. The number of carbonyl (C=O) groups excluding carboxylic acids is 1. The Morgan fingerprint density at radius 2 is 1.88 bits per heavy atom. The Morgan fingerprint density at radius 1 is 1.24 bits per heavy atom. The van der Waals surface area contributed by atoms with Crippen LogP contribution in [-0.2, 0) is 9.59 Å². The largest absolute Gasteiger partial charge is 0.478 e. The molecule has 0 saturated carbocycles. The maximum absolute atomic E-state index is 11.1. The normalized spacial score (nSPS) is 12.3. The van der Waals surface area contributed by atoms with Crippen LogP contribution >= 0.6 is 0 Å². The van der Waals surface area contributed by atoms with Crippen molar-refractivity contribution >= 4 is 11.9 Å². The van der Waals surface area contributed by atoms with Gasteiger partial charge < -0.3 is 15.5 Å². The number of benzene rings is 1. The van der Waals surface area contributed by atoms with Crippen LogP contribution in [0.4, 0.5) is 0 Å². The van der Waals surface area contributed by atoms with E-state index < -0.39 is 18.0 Å². The summed E-state index contributed by atoms with van der Waals surface area (Å²) >= 11 is 0. The van der Waals surface area contributed by atoms with Gasteiger partial charge in [-0.15, -0.1) is 0 Å². The minimum Gasteiger partial charge on any atom is -0.478 e. The molecule has 0 aliphatic rings. The molecule has 0 radical (unpaired) electrons. The summed E-state index contributed by atoms with van der Waals surface area (Å²) in [6.45, 7) is 0.0345. The number of aliphatic carboxylic acids is 1. The van der Waals surface area contributed by atoms with Crippen molar-refractivity contribution in [3.8, 4) is 0 Å². The number of hydrogen-bond acceptors (Lipinski definition) is 3. The van der Waals surface area contributed by atoms with Gasteiger partial charge in [-0.3, -0.25) is 4.79 Å². The third-order valence-electron chi connectivity index (χ3n) is 2.03. The number of rotatable bonds is 5. The fourth-order valence-corrected chi connectivity index (χ4v) is 1.20. The molecule has 5 nitrogen and oxygen atoms in total. The molecule has 1 amide bonds. The van der Waals surface area contributed by atoms with Crippen LogP contribution in [0.5, 0.6) is 0 Å². The van der Waals surface area contributed by atoms with Crippen LogP contribution in [0.1, 0.15) is 11.7 Å². The molecule has 0 fully saturated rings. The van der Waals surface area contributed by atoms with Crippen LogP contribution in [0.25, 0.3) is 0 Å². The van der Waals surface area contributed by atoms with Gasteiger partial charge in [0.25, 0.3) is 0 Å². The van der Waals surface area contributed by atoms with E-state index in [1.54, 1.807) is 24.3 Å². The second-order valence-corrected chi connectivity index (χ2v) is 3.34. The summed E-state index contributed by atoms with van der Waals surface area (Å²) in [5.41, 5.74) is 0.690. The topological polar surface area (TPSA) is 86.6 Å². The van der Waals surface area contributed by atoms with E-state index in [1.165, 1.54) is 0 Å². The molecule has 0 aromatic heterocycles. The van der Waals surface area contributed by atoms with Crippen molar-refractivity contribution in [2.75, 3.05) is 6.54 Å². The second kappa shape index (κ2) is 6.44. The Balaban J connectivity index is 2.41. The number of carbonyl (C=O) groups is 2. The second-order valence-electron chi connectivity index (χ2n) is 3.34. The first-order valence-electron chi connectivity index (χ1n) is 5.01. The molecule has 1 atom stereocenters.